The molecule has 1 rings (SSSR count). The Kier molecular flexibility index (Phi) is 3.92. The first kappa shape index (κ1) is 11.6. The van der Waals surface area contributed by atoms with Crippen LogP contribution in [0.1, 0.15) is 5.56 Å². The molecule has 82 valence electrons. The Labute approximate surface area is 93.1 Å². The molecule has 4 N–H and O–H groups in total. The number of nitrogen functional groups attached to an aromatic ring is 1. The van der Waals surface area contributed by atoms with E-state index in [2.05, 4.69) is 15.6 Å². The summed E-state index contributed by atoms with van der Waals surface area (Å²) in [6.07, 6.45) is 4.10. The molecule has 0 radical (unpaired) electrons. The largest absolute Gasteiger partial charge is 0.436 e. The minimum Gasteiger partial charge on any atom is -0.435 e. The van der Waals surface area contributed by atoms with Crippen molar-refractivity contribution in [1.29, 1.82) is 0 Å². The Morgan fingerprint density at radius 2 is 2.06 bits per heavy atom. The zero-order valence-electron chi connectivity index (χ0n) is 8.51. The highest BCUT2D eigenvalue weighted by atomic mass is 16.5. The summed E-state index contributed by atoms with van der Waals surface area (Å²) < 4.78 is 4.54. The van der Waals surface area contributed by atoms with Gasteiger partial charge in [0.05, 0.1) is 0 Å². The monoisotopic (exact) mass is 217 g/mol. The van der Waals surface area contributed by atoms with Gasteiger partial charge in [0.1, 0.15) is 5.84 Å². The lowest BCUT2D eigenvalue weighted by molar-refractivity contribution is 0.171. The van der Waals surface area contributed by atoms with E-state index < -0.39 is 6.09 Å². The molecular weight excluding hydrogens is 206 g/mol. The summed E-state index contributed by atoms with van der Waals surface area (Å²) in [4.78, 5) is 14.6. The fourth-order valence-corrected chi connectivity index (χ4v) is 0.952. The fraction of sp³-hybridized carbons (Fsp3) is 0.0909. The van der Waals surface area contributed by atoms with Crippen LogP contribution < -0.4 is 11.5 Å². The van der Waals surface area contributed by atoms with Crippen molar-refractivity contribution in [1.82, 2.24) is 0 Å². The number of ether oxygens (including phenoxy) is 1. The summed E-state index contributed by atoms with van der Waals surface area (Å²) in [5, 5.41) is 0. The molecule has 0 bridgehead atoms. The summed E-state index contributed by atoms with van der Waals surface area (Å²) in [7, 11) is 0. The molecule has 0 atom stereocenters. The van der Waals surface area contributed by atoms with E-state index in [1.165, 1.54) is 0 Å². The van der Waals surface area contributed by atoms with Crippen LogP contribution in [0.4, 0.5) is 10.5 Å². The Morgan fingerprint density at radius 3 is 2.62 bits per heavy atom. The zero-order chi connectivity index (χ0) is 12.0. The van der Waals surface area contributed by atoms with Crippen LogP contribution in [0.3, 0.4) is 0 Å². The molecule has 16 heavy (non-hydrogen) atoms. The predicted octanol–water partition coefficient (Wildman–Crippen LogP) is 0.744. The fourth-order valence-electron chi connectivity index (χ4n) is 0.952. The van der Waals surface area contributed by atoms with Crippen LogP contribution in [0.25, 0.3) is 0 Å². The lowest BCUT2D eigenvalue weighted by Gasteiger charge is -2.00. The number of anilines is 1. The number of benzene rings is 1. The van der Waals surface area contributed by atoms with Crippen LogP contribution in [0.15, 0.2) is 29.3 Å². The van der Waals surface area contributed by atoms with Crippen molar-refractivity contribution in [3.63, 3.8) is 0 Å². The predicted molar refractivity (Wildman–Crippen MR) is 61.8 cm³/mol. The minimum absolute atomic E-state index is 0.0574. The van der Waals surface area contributed by atoms with Gasteiger partial charge in [0.15, 0.2) is 6.61 Å². The summed E-state index contributed by atoms with van der Waals surface area (Å²) in [5.41, 5.74) is 12.3. The lowest BCUT2D eigenvalue weighted by atomic mass is 10.2. The van der Waals surface area contributed by atoms with Crippen LogP contribution in [-0.2, 0) is 4.74 Å². The van der Waals surface area contributed by atoms with E-state index in [0.717, 1.165) is 0 Å². The summed E-state index contributed by atoms with van der Waals surface area (Å²) >= 11 is 0. The van der Waals surface area contributed by atoms with Crippen LogP contribution in [0.2, 0.25) is 0 Å². The SMILES string of the molecule is C#CCOC(=O)N=C(N)c1ccc(N)cc1. The molecule has 0 saturated carbocycles. The third-order valence-electron chi connectivity index (χ3n) is 1.70. The first-order valence-corrected chi connectivity index (χ1v) is 4.44. The summed E-state index contributed by atoms with van der Waals surface area (Å²) in [5.74, 6) is 2.21. The highest BCUT2D eigenvalue weighted by molar-refractivity contribution is 6.02. The van der Waals surface area contributed by atoms with E-state index >= 15 is 0 Å². The minimum atomic E-state index is -0.813. The van der Waals surface area contributed by atoms with Gasteiger partial charge in [-0.1, -0.05) is 5.92 Å². The Morgan fingerprint density at radius 1 is 1.44 bits per heavy atom. The summed E-state index contributed by atoms with van der Waals surface area (Å²) in [6.45, 7) is -0.128. The van der Waals surface area contributed by atoms with Crippen molar-refractivity contribution in [3.05, 3.63) is 29.8 Å². The van der Waals surface area contributed by atoms with Gasteiger partial charge in [0.25, 0.3) is 0 Å². The maximum absolute atomic E-state index is 11.0. The van der Waals surface area contributed by atoms with Crippen molar-refractivity contribution < 1.29 is 9.53 Å². The van der Waals surface area contributed by atoms with E-state index in [9.17, 15) is 4.79 Å². The van der Waals surface area contributed by atoms with Gasteiger partial charge in [-0.05, 0) is 24.3 Å². The maximum atomic E-state index is 11.0. The third kappa shape index (κ3) is 3.35. The Bertz CT molecular complexity index is 443. The summed E-state index contributed by atoms with van der Waals surface area (Å²) in [6, 6.07) is 6.63. The van der Waals surface area contributed by atoms with Crippen molar-refractivity contribution in [2.45, 2.75) is 0 Å². The number of hydrogen-bond donors (Lipinski definition) is 2. The Hall–Kier alpha value is -2.48. The van der Waals surface area contributed by atoms with Gasteiger partial charge in [-0.2, -0.15) is 4.99 Å². The Balaban J connectivity index is 2.74. The number of aliphatic imine (C=N–C) groups is 1. The standard InChI is InChI=1S/C11H11N3O2/c1-2-7-16-11(15)14-10(13)8-3-5-9(12)6-4-8/h1,3-6H,7,12H2,(H2,13,14,15). The first-order chi connectivity index (χ1) is 7.63. The van der Waals surface area contributed by atoms with Gasteiger partial charge in [-0.3, -0.25) is 0 Å². The second-order valence-electron chi connectivity index (χ2n) is 2.88. The molecule has 0 spiro atoms. The van der Waals surface area contributed by atoms with Crippen LogP contribution >= 0.6 is 0 Å². The quantitative estimate of drug-likeness (QED) is 0.331. The van der Waals surface area contributed by atoms with Gasteiger partial charge in [-0.15, -0.1) is 6.42 Å². The van der Waals surface area contributed by atoms with E-state index in [-0.39, 0.29) is 12.4 Å². The molecule has 0 aliphatic heterocycles. The van der Waals surface area contributed by atoms with Gasteiger partial charge in [-0.25, -0.2) is 4.79 Å². The number of terminal acetylenes is 1. The molecule has 0 aromatic heterocycles. The molecule has 5 nitrogen and oxygen atoms in total. The molecule has 0 aliphatic rings. The molecule has 1 amide bonds. The molecular formula is C11H11N3O2. The number of amidine groups is 1. The van der Waals surface area contributed by atoms with E-state index in [4.69, 9.17) is 17.9 Å². The highest BCUT2D eigenvalue weighted by Crippen LogP contribution is 2.05. The van der Waals surface area contributed by atoms with Crippen molar-refractivity contribution in [2.24, 2.45) is 10.7 Å². The molecule has 1 aromatic rings. The number of nitrogens with zero attached hydrogens (tertiary/aromatic N) is 1. The van der Waals surface area contributed by atoms with E-state index in [1.807, 2.05) is 0 Å². The zero-order valence-corrected chi connectivity index (χ0v) is 8.51. The second-order valence-corrected chi connectivity index (χ2v) is 2.88. The molecule has 1 aromatic carbocycles. The molecule has 0 heterocycles. The average molecular weight is 217 g/mol. The van der Waals surface area contributed by atoms with Gasteiger partial charge in [0.2, 0.25) is 0 Å². The molecule has 0 fully saturated rings. The maximum Gasteiger partial charge on any atom is 0.436 e. The number of carbonyl (C=O) groups is 1. The number of carbonyl (C=O) groups excluding carboxylic acids is 1. The van der Waals surface area contributed by atoms with Crippen LogP contribution in [-0.4, -0.2) is 18.5 Å². The van der Waals surface area contributed by atoms with Crippen molar-refractivity contribution in [3.8, 4) is 12.3 Å². The first-order valence-electron chi connectivity index (χ1n) is 4.44. The second kappa shape index (κ2) is 5.41. The van der Waals surface area contributed by atoms with Gasteiger partial charge < -0.3 is 16.2 Å². The number of hydrogen-bond acceptors (Lipinski definition) is 3. The van der Waals surface area contributed by atoms with E-state index in [0.29, 0.717) is 11.3 Å². The lowest BCUT2D eigenvalue weighted by Crippen LogP contribution is -2.16. The van der Waals surface area contributed by atoms with Crippen molar-refractivity contribution in [2.75, 3.05) is 12.3 Å². The van der Waals surface area contributed by atoms with Gasteiger partial charge >= 0.3 is 6.09 Å². The molecule has 0 unspecified atom stereocenters. The average Bonchev–Trinajstić information content (AvgIpc) is 2.27. The molecule has 0 aliphatic carbocycles. The van der Waals surface area contributed by atoms with Crippen LogP contribution in [0.5, 0.6) is 0 Å². The number of nitrogens with two attached hydrogens (primary N) is 2. The topological polar surface area (TPSA) is 90.7 Å². The smallest absolute Gasteiger partial charge is 0.435 e. The van der Waals surface area contributed by atoms with Crippen molar-refractivity contribution >= 4 is 17.6 Å². The molecule has 0 saturated heterocycles. The third-order valence-corrected chi connectivity index (χ3v) is 1.70. The van der Waals surface area contributed by atoms with Crippen LogP contribution in [0, 0.1) is 12.3 Å². The number of rotatable bonds is 2. The molecule has 5 heteroatoms. The van der Waals surface area contributed by atoms with Gasteiger partial charge in [0, 0.05) is 11.3 Å². The number of amides is 1. The van der Waals surface area contributed by atoms with E-state index in [1.54, 1.807) is 24.3 Å². The normalized spacial score (nSPS) is 10.6. The highest BCUT2D eigenvalue weighted by Gasteiger charge is 2.03.